The molecule has 0 aromatic heterocycles. The maximum Gasteiger partial charge on any atom is 0.308 e. The molecular weight excluding hydrogens is 264 g/mol. The molecule has 0 saturated heterocycles. The molecule has 0 radical (unpaired) electrons. The minimum Gasteiger partial charge on any atom is -0.472 e. The van der Waals surface area contributed by atoms with Crippen molar-refractivity contribution in [2.75, 3.05) is 0 Å². The molecule has 19 heavy (non-hydrogen) atoms. The Kier molecular flexibility index (Phi) is 3.52. The molecule has 1 aliphatic rings. The fourth-order valence-corrected chi connectivity index (χ4v) is 2.68. The molecule has 0 spiro atoms. The van der Waals surface area contributed by atoms with Gasteiger partial charge in [0.2, 0.25) is 0 Å². The summed E-state index contributed by atoms with van der Waals surface area (Å²) < 4.78 is 11.2. The van der Waals surface area contributed by atoms with E-state index in [-0.39, 0.29) is 5.97 Å². The minimum atomic E-state index is -0.653. The van der Waals surface area contributed by atoms with Gasteiger partial charge < -0.3 is 9.47 Å². The highest BCUT2D eigenvalue weighted by atomic mass is 35.5. The second-order valence-corrected chi connectivity index (χ2v) is 6.11. The number of rotatable bonds is 1. The summed E-state index contributed by atoms with van der Waals surface area (Å²) in [5.74, 6) is 1.20. The number of ether oxygens (including phenoxy) is 2. The molecule has 1 aromatic carbocycles. The molecule has 0 bridgehead atoms. The van der Waals surface area contributed by atoms with Gasteiger partial charge in [-0.2, -0.15) is 0 Å². The fourth-order valence-electron chi connectivity index (χ4n) is 2.50. The van der Waals surface area contributed by atoms with Gasteiger partial charge in [-0.05, 0) is 50.8 Å². The SMILES string of the molecule is CC(=O)Oc1c(C)c(C)c2c(c1C)CCC(C)(Cl)O2. The molecule has 0 N–H and O–H groups in total. The number of carbonyl (C=O) groups is 1. The molecule has 1 atom stereocenters. The number of halogens is 1. The van der Waals surface area contributed by atoms with E-state index in [2.05, 4.69) is 0 Å². The van der Waals surface area contributed by atoms with E-state index >= 15 is 0 Å². The predicted molar refractivity (Wildman–Crippen MR) is 75.2 cm³/mol. The molecule has 0 amide bonds. The molecule has 0 aliphatic carbocycles. The molecule has 4 heteroatoms. The van der Waals surface area contributed by atoms with Gasteiger partial charge in [-0.25, -0.2) is 0 Å². The van der Waals surface area contributed by atoms with Crippen LogP contribution in [0.15, 0.2) is 0 Å². The Bertz CT molecular complexity index is 547. The van der Waals surface area contributed by atoms with E-state index in [0.29, 0.717) is 5.75 Å². The van der Waals surface area contributed by atoms with Gasteiger partial charge in [-0.1, -0.05) is 11.6 Å². The number of benzene rings is 1. The van der Waals surface area contributed by atoms with Gasteiger partial charge in [0.1, 0.15) is 11.5 Å². The first-order valence-corrected chi connectivity index (χ1v) is 6.79. The zero-order chi connectivity index (χ0) is 14.4. The number of carbonyl (C=O) groups excluding carboxylic acids is 1. The molecule has 0 saturated carbocycles. The summed E-state index contributed by atoms with van der Waals surface area (Å²) in [4.78, 5) is 11.2. The van der Waals surface area contributed by atoms with Crippen LogP contribution in [0.5, 0.6) is 11.5 Å². The van der Waals surface area contributed by atoms with Gasteiger partial charge >= 0.3 is 5.97 Å². The van der Waals surface area contributed by atoms with Crippen LogP contribution in [-0.4, -0.2) is 11.0 Å². The van der Waals surface area contributed by atoms with Crippen molar-refractivity contribution in [2.45, 2.75) is 52.5 Å². The Labute approximate surface area is 118 Å². The summed E-state index contributed by atoms with van der Waals surface area (Å²) in [5, 5.41) is -0.653. The average molecular weight is 283 g/mol. The van der Waals surface area contributed by atoms with Crippen LogP contribution in [0.3, 0.4) is 0 Å². The van der Waals surface area contributed by atoms with E-state index in [1.165, 1.54) is 6.92 Å². The molecule has 2 rings (SSSR count). The zero-order valence-electron chi connectivity index (χ0n) is 12.0. The highest BCUT2D eigenvalue weighted by Gasteiger charge is 2.33. The van der Waals surface area contributed by atoms with E-state index in [1.54, 1.807) is 0 Å². The van der Waals surface area contributed by atoms with Gasteiger partial charge in [-0.3, -0.25) is 4.79 Å². The number of alkyl halides is 1. The van der Waals surface area contributed by atoms with Crippen molar-refractivity contribution < 1.29 is 14.3 Å². The summed E-state index contributed by atoms with van der Waals surface area (Å²) in [6.45, 7) is 9.16. The van der Waals surface area contributed by atoms with Gasteiger partial charge in [0.15, 0.2) is 5.06 Å². The van der Waals surface area contributed by atoms with Crippen molar-refractivity contribution in [2.24, 2.45) is 0 Å². The Morgan fingerprint density at radius 3 is 2.47 bits per heavy atom. The molecule has 1 aliphatic heterocycles. The van der Waals surface area contributed by atoms with Crippen molar-refractivity contribution in [3.63, 3.8) is 0 Å². The first kappa shape index (κ1) is 14.2. The quantitative estimate of drug-likeness (QED) is 0.446. The van der Waals surface area contributed by atoms with E-state index in [9.17, 15) is 4.79 Å². The normalized spacial score (nSPS) is 21.6. The largest absolute Gasteiger partial charge is 0.472 e. The fraction of sp³-hybridized carbons (Fsp3) is 0.533. The van der Waals surface area contributed by atoms with E-state index in [4.69, 9.17) is 21.1 Å². The maximum absolute atomic E-state index is 11.2. The maximum atomic E-state index is 11.2. The Balaban J connectivity index is 2.60. The van der Waals surface area contributed by atoms with Crippen molar-refractivity contribution in [1.29, 1.82) is 0 Å². The third-order valence-electron chi connectivity index (χ3n) is 3.69. The molecular formula is C15H19ClO3. The molecule has 1 unspecified atom stereocenters. The standard InChI is InChI=1S/C15H19ClO3/c1-8-9(2)14-12(6-7-15(5,16)19-14)10(3)13(8)18-11(4)17/h6-7H2,1-5H3. The zero-order valence-corrected chi connectivity index (χ0v) is 12.8. The van der Waals surface area contributed by atoms with Crippen molar-refractivity contribution in [3.05, 3.63) is 22.3 Å². The third kappa shape index (κ3) is 2.57. The van der Waals surface area contributed by atoms with Gasteiger partial charge in [0.05, 0.1) is 0 Å². The predicted octanol–water partition coefficient (Wildman–Crippen LogP) is 3.82. The van der Waals surface area contributed by atoms with Crippen molar-refractivity contribution >= 4 is 17.6 Å². The van der Waals surface area contributed by atoms with Crippen molar-refractivity contribution in [3.8, 4) is 11.5 Å². The smallest absolute Gasteiger partial charge is 0.308 e. The van der Waals surface area contributed by atoms with E-state index in [1.807, 2.05) is 27.7 Å². The highest BCUT2D eigenvalue weighted by molar-refractivity contribution is 6.22. The molecule has 1 aromatic rings. The summed E-state index contributed by atoms with van der Waals surface area (Å²) in [7, 11) is 0. The van der Waals surface area contributed by atoms with Gasteiger partial charge in [-0.15, -0.1) is 0 Å². The Morgan fingerprint density at radius 1 is 1.26 bits per heavy atom. The lowest BCUT2D eigenvalue weighted by atomic mass is 9.91. The van der Waals surface area contributed by atoms with Crippen LogP contribution in [0.25, 0.3) is 0 Å². The lowest BCUT2D eigenvalue weighted by molar-refractivity contribution is -0.132. The lowest BCUT2D eigenvalue weighted by Crippen LogP contribution is -2.31. The molecule has 1 heterocycles. The summed E-state index contributed by atoms with van der Waals surface area (Å²) >= 11 is 6.29. The summed E-state index contributed by atoms with van der Waals surface area (Å²) in [6.07, 6.45) is 1.57. The van der Waals surface area contributed by atoms with Crippen LogP contribution in [0, 0.1) is 20.8 Å². The van der Waals surface area contributed by atoms with Crippen LogP contribution in [0.1, 0.15) is 42.5 Å². The monoisotopic (exact) mass is 282 g/mol. The Morgan fingerprint density at radius 2 is 1.89 bits per heavy atom. The van der Waals surface area contributed by atoms with Gasteiger partial charge in [0.25, 0.3) is 0 Å². The van der Waals surface area contributed by atoms with Crippen LogP contribution in [0.2, 0.25) is 0 Å². The average Bonchev–Trinajstić information content (AvgIpc) is 2.30. The van der Waals surface area contributed by atoms with Crippen molar-refractivity contribution in [1.82, 2.24) is 0 Å². The topological polar surface area (TPSA) is 35.5 Å². The Hall–Kier alpha value is -1.22. The van der Waals surface area contributed by atoms with Crippen LogP contribution in [-0.2, 0) is 11.2 Å². The number of fused-ring (bicyclic) bond motifs is 1. The summed E-state index contributed by atoms with van der Waals surface area (Å²) in [5.41, 5.74) is 3.99. The van der Waals surface area contributed by atoms with Crippen LogP contribution < -0.4 is 9.47 Å². The minimum absolute atomic E-state index is 0.301. The first-order valence-electron chi connectivity index (χ1n) is 6.42. The van der Waals surface area contributed by atoms with E-state index < -0.39 is 5.06 Å². The summed E-state index contributed by atoms with van der Waals surface area (Å²) in [6, 6.07) is 0. The first-order chi connectivity index (χ1) is 8.73. The molecule has 0 fully saturated rings. The second-order valence-electron chi connectivity index (χ2n) is 5.31. The second kappa shape index (κ2) is 4.71. The highest BCUT2D eigenvalue weighted by Crippen LogP contribution is 2.44. The third-order valence-corrected chi connectivity index (χ3v) is 3.96. The van der Waals surface area contributed by atoms with Gasteiger partial charge in [0, 0.05) is 18.9 Å². The van der Waals surface area contributed by atoms with Crippen LogP contribution in [0.4, 0.5) is 0 Å². The number of hydrogen-bond acceptors (Lipinski definition) is 3. The lowest BCUT2D eigenvalue weighted by Gasteiger charge is -2.33. The molecule has 3 nitrogen and oxygen atoms in total. The number of hydrogen-bond donors (Lipinski definition) is 0. The number of esters is 1. The van der Waals surface area contributed by atoms with Crippen LogP contribution >= 0.6 is 11.6 Å². The van der Waals surface area contributed by atoms with E-state index in [0.717, 1.165) is 40.8 Å². The molecule has 104 valence electrons.